The van der Waals surface area contributed by atoms with Crippen molar-refractivity contribution in [2.75, 3.05) is 13.1 Å². The van der Waals surface area contributed by atoms with E-state index in [1.807, 2.05) is 31.2 Å². The summed E-state index contributed by atoms with van der Waals surface area (Å²) in [5.41, 5.74) is 7.50. The van der Waals surface area contributed by atoms with Gasteiger partial charge in [-0.1, -0.05) is 29.8 Å². The number of aryl methyl sites for hydroxylation is 1. The maximum absolute atomic E-state index is 12.5. The second-order valence-corrected chi connectivity index (χ2v) is 8.41. The van der Waals surface area contributed by atoms with Crippen LogP contribution in [0.1, 0.15) is 40.3 Å². The molecule has 0 aliphatic carbocycles. The minimum absolute atomic E-state index is 0.162. The molecule has 27 heavy (non-hydrogen) atoms. The lowest BCUT2D eigenvalue weighted by Crippen LogP contribution is -2.41. The van der Waals surface area contributed by atoms with Crippen molar-refractivity contribution in [1.29, 1.82) is 0 Å². The number of benzene rings is 1. The van der Waals surface area contributed by atoms with Crippen LogP contribution in [0.4, 0.5) is 0 Å². The Morgan fingerprint density at radius 3 is 2.41 bits per heavy atom. The Balaban J connectivity index is 1.54. The van der Waals surface area contributed by atoms with Crippen LogP contribution in [0.2, 0.25) is 0 Å². The van der Waals surface area contributed by atoms with Gasteiger partial charge in [0.15, 0.2) is 5.76 Å². The predicted octanol–water partition coefficient (Wildman–Crippen LogP) is 2.37. The molecule has 2 heterocycles. The molecule has 2 amide bonds. The number of carbonyl (C=O) groups excluding carboxylic acids is 2. The van der Waals surface area contributed by atoms with E-state index in [1.54, 1.807) is 17.0 Å². The van der Waals surface area contributed by atoms with E-state index in [1.165, 1.54) is 5.56 Å². The van der Waals surface area contributed by atoms with Gasteiger partial charge in [0.25, 0.3) is 5.91 Å². The first-order valence-corrected chi connectivity index (χ1v) is 10.5. The summed E-state index contributed by atoms with van der Waals surface area (Å²) < 4.78 is 18.0. The van der Waals surface area contributed by atoms with Gasteiger partial charge in [0.05, 0.1) is 5.75 Å². The zero-order chi connectivity index (χ0) is 19.4. The van der Waals surface area contributed by atoms with Crippen LogP contribution in [0.25, 0.3) is 0 Å². The molecular formula is C20H24N2O4S. The Morgan fingerprint density at radius 2 is 1.78 bits per heavy atom. The molecule has 1 fully saturated rings. The summed E-state index contributed by atoms with van der Waals surface area (Å²) in [7, 11) is -1.11. The van der Waals surface area contributed by atoms with Gasteiger partial charge in [-0.3, -0.25) is 13.8 Å². The molecular weight excluding hydrogens is 364 g/mol. The van der Waals surface area contributed by atoms with E-state index in [0.29, 0.717) is 37.4 Å². The van der Waals surface area contributed by atoms with Crippen molar-refractivity contribution < 1.29 is 18.2 Å². The summed E-state index contributed by atoms with van der Waals surface area (Å²) in [5, 5.41) is 0. The van der Waals surface area contributed by atoms with E-state index in [9.17, 15) is 13.8 Å². The normalized spacial score (nSPS) is 16.3. The zero-order valence-corrected chi connectivity index (χ0v) is 16.2. The molecule has 0 spiro atoms. The van der Waals surface area contributed by atoms with Crippen molar-refractivity contribution >= 4 is 22.6 Å². The van der Waals surface area contributed by atoms with E-state index in [0.717, 1.165) is 5.56 Å². The van der Waals surface area contributed by atoms with Gasteiger partial charge in [0, 0.05) is 35.6 Å². The van der Waals surface area contributed by atoms with Crippen LogP contribution >= 0.6 is 0 Å². The molecule has 0 bridgehead atoms. The van der Waals surface area contributed by atoms with Crippen LogP contribution in [-0.2, 0) is 27.1 Å². The Hall–Kier alpha value is -2.41. The predicted molar refractivity (Wildman–Crippen MR) is 103 cm³/mol. The van der Waals surface area contributed by atoms with Gasteiger partial charge in [-0.15, -0.1) is 0 Å². The van der Waals surface area contributed by atoms with E-state index in [-0.39, 0.29) is 29.2 Å². The second kappa shape index (κ2) is 8.52. The lowest BCUT2D eigenvalue weighted by Gasteiger charge is -2.29. The van der Waals surface area contributed by atoms with Crippen molar-refractivity contribution in [3.05, 3.63) is 59.0 Å². The maximum atomic E-state index is 12.5. The van der Waals surface area contributed by atoms with Gasteiger partial charge < -0.3 is 15.1 Å². The van der Waals surface area contributed by atoms with Gasteiger partial charge >= 0.3 is 0 Å². The minimum atomic E-state index is -1.11. The van der Waals surface area contributed by atoms with Crippen LogP contribution in [-0.4, -0.2) is 34.0 Å². The summed E-state index contributed by atoms with van der Waals surface area (Å²) in [6.45, 7) is 2.99. The van der Waals surface area contributed by atoms with Crippen LogP contribution in [0.3, 0.4) is 0 Å². The lowest BCUT2D eigenvalue weighted by molar-refractivity contribution is -0.123. The van der Waals surface area contributed by atoms with Crippen LogP contribution in [0, 0.1) is 12.8 Å². The molecule has 7 heteroatoms. The summed E-state index contributed by atoms with van der Waals surface area (Å²) in [4.78, 5) is 25.4. The summed E-state index contributed by atoms with van der Waals surface area (Å²) in [6, 6.07) is 11.3. The van der Waals surface area contributed by atoms with Gasteiger partial charge in [0.1, 0.15) is 5.76 Å². The molecule has 3 rings (SSSR count). The third-order valence-corrected chi connectivity index (χ3v) is 6.07. The second-order valence-electron chi connectivity index (χ2n) is 6.95. The van der Waals surface area contributed by atoms with Crippen molar-refractivity contribution in [3.8, 4) is 0 Å². The number of primary amides is 1. The number of carbonyl (C=O) groups is 2. The molecule has 1 aliphatic heterocycles. The molecule has 2 N–H and O–H groups in total. The van der Waals surface area contributed by atoms with Crippen molar-refractivity contribution in [1.82, 2.24) is 4.90 Å². The van der Waals surface area contributed by atoms with E-state index >= 15 is 0 Å². The smallest absolute Gasteiger partial charge is 0.289 e. The number of furan rings is 1. The number of likely N-dealkylation sites (tertiary alicyclic amines) is 1. The fraction of sp³-hybridized carbons (Fsp3) is 0.400. The molecule has 0 saturated carbocycles. The lowest BCUT2D eigenvalue weighted by atomic mass is 9.96. The van der Waals surface area contributed by atoms with Gasteiger partial charge in [-0.05, 0) is 37.5 Å². The third kappa shape index (κ3) is 5.07. The number of rotatable bonds is 6. The highest BCUT2D eigenvalue weighted by atomic mass is 32.2. The molecule has 2 aromatic rings. The number of hydrogen-bond acceptors (Lipinski definition) is 4. The first kappa shape index (κ1) is 19.4. The summed E-state index contributed by atoms with van der Waals surface area (Å²) in [5.74, 6) is 0.832. The highest BCUT2D eigenvalue weighted by Crippen LogP contribution is 2.20. The number of amides is 2. The Kier molecular flexibility index (Phi) is 6.11. The Morgan fingerprint density at radius 1 is 1.11 bits per heavy atom. The standard InChI is InChI=1S/C20H24N2O4S/c1-14-2-4-15(5-3-14)12-27(25)13-17-6-7-18(26-17)20(24)22-10-8-16(9-11-22)19(21)23/h2-7,16H,8-13H2,1H3,(H2,21,23)/t27-/m0/s1. The Labute approximate surface area is 161 Å². The van der Waals surface area contributed by atoms with Gasteiger partial charge in [-0.25, -0.2) is 0 Å². The summed E-state index contributed by atoms with van der Waals surface area (Å²) >= 11 is 0. The monoisotopic (exact) mass is 388 g/mol. The third-order valence-electron chi connectivity index (χ3n) is 4.81. The maximum Gasteiger partial charge on any atom is 0.289 e. The minimum Gasteiger partial charge on any atom is -0.455 e. The quantitative estimate of drug-likeness (QED) is 0.822. The molecule has 1 aromatic heterocycles. The van der Waals surface area contributed by atoms with Crippen LogP contribution < -0.4 is 5.73 Å². The molecule has 0 unspecified atom stereocenters. The van der Waals surface area contributed by atoms with Crippen LogP contribution in [0.5, 0.6) is 0 Å². The zero-order valence-electron chi connectivity index (χ0n) is 15.3. The highest BCUT2D eigenvalue weighted by Gasteiger charge is 2.27. The average Bonchev–Trinajstić information content (AvgIpc) is 3.11. The van der Waals surface area contributed by atoms with E-state index < -0.39 is 10.8 Å². The number of nitrogens with two attached hydrogens (primary N) is 1. The molecule has 0 radical (unpaired) electrons. The molecule has 1 aliphatic rings. The number of piperidine rings is 1. The fourth-order valence-corrected chi connectivity index (χ4v) is 4.31. The Bertz CT molecular complexity index is 836. The molecule has 6 nitrogen and oxygen atoms in total. The largest absolute Gasteiger partial charge is 0.455 e. The SMILES string of the molecule is Cc1ccc(C[S@](=O)Cc2ccc(C(=O)N3CCC(C(N)=O)CC3)o2)cc1. The molecule has 1 aromatic carbocycles. The van der Waals surface area contributed by atoms with Gasteiger partial charge in [0.2, 0.25) is 5.91 Å². The topological polar surface area (TPSA) is 93.6 Å². The fourth-order valence-electron chi connectivity index (χ4n) is 3.17. The summed E-state index contributed by atoms with van der Waals surface area (Å²) in [6.07, 6.45) is 1.16. The van der Waals surface area contributed by atoms with Crippen molar-refractivity contribution in [2.45, 2.75) is 31.3 Å². The highest BCUT2D eigenvalue weighted by molar-refractivity contribution is 7.83. The van der Waals surface area contributed by atoms with Crippen LogP contribution in [0.15, 0.2) is 40.8 Å². The average molecular weight is 388 g/mol. The van der Waals surface area contributed by atoms with E-state index in [2.05, 4.69) is 0 Å². The molecule has 1 saturated heterocycles. The van der Waals surface area contributed by atoms with Crippen molar-refractivity contribution in [2.24, 2.45) is 11.7 Å². The van der Waals surface area contributed by atoms with Crippen molar-refractivity contribution in [3.63, 3.8) is 0 Å². The van der Waals surface area contributed by atoms with E-state index in [4.69, 9.17) is 10.2 Å². The first-order valence-electron chi connectivity index (χ1n) is 9.00. The first-order chi connectivity index (χ1) is 12.9. The van der Waals surface area contributed by atoms with Gasteiger partial charge in [-0.2, -0.15) is 0 Å². The molecule has 1 atom stereocenters. The number of nitrogens with zero attached hydrogens (tertiary/aromatic N) is 1. The molecule has 144 valence electrons. The number of hydrogen-bond donors (Lipinski definition) is 1.